The molecule has 1 amide bonds. The van der Waals surface area contributed by atoms with Crippen molar-refractivity contribution in [2.75, 3.05) is 25.5 Å². The van der Waals surface area contributed by atoms with Gasteiger partial charge >= 0.3 is 0 Å². The summed E-state index contributed by atoms with van der Waals surface area (Å²) < 4.78 is 19.3. The van der Waals surface area contributed by atoms with Crippen LogP contribution in [0.15, 0.2) is 18.2 Å². The summed E-state index contributed by atoms with van der Waals surface area (Å²) in [6.45, 7) is 0.940. The summed E-state index contributed by atoms with van der Waals surface area (Å²) in [6.07, 6.45) is 6.31. The largest absolute Gasteiger partial charge is 0.385 e. The molecule has 4 nitrogen and oxygen atoms in total. The summed E-state index contributed by atoms with van der Waals surface area (Å²) in [7, 11) is 1.60. The molecule has 21 heavy (non-hydrogen) atoms. The van der Waals surface area contributed by atoms with E-state index >= 15 is 0 Å². The topological polar surface area (TPSA) is 50.4 Å². The molecule has 1 aliphatic carbocycles. The minimum Gasteiger partial charge on any atom is -0.385 e. The highest BCUT2D eigenvalue weighted by molar-refractivity contribution is 5.99. The first-order valence-electron chi connectivity index (χ1n) is 7.58. The maximum atomic E-state index is 13.6. The van der Waals surface area contributed by atoms with Crippen molar-refractivity contribution in [3.63, 3.8) is 0 Å². The van der Waals surface area contributed by atoms with E-state index in [-0.39, 0.29) is 11.6 Å². The Morgan fingerprint density at radius 1 is 1.33 bits per heavy atom. The number of ether oxygens (including phenoxy) is 1. The molecular formula is C16H23FN2O2. The van der Waals surface area contributed by atoms with Crippen molar-refractivity contribution >= 4 is 11.6 Å². The molecule has 0 unspecified atom stereocenters. The highest BCUT2D eigenvalue weighted by Crippen LogP contribution is 2.20. The second-order valence-electron chi connectivity index (χ2n) is 5.30. The Hall–Kier alpha value is -1.62. The zero-order chi connectivity index (χ0) is 15.1. The lowest BCUT2D eigenvalue weighted by Crippen LogP contribution is -2.30. The van der Waals surface area contributed by atoms with E-state index in [2.05, 4.69) is 10.6 Å². The number of benzene rings is 1. The molecule has 0 heterocycles. The quantitative estimate of drug-likeness (QED) is 0.793. The molecule has 0 aliphatic heterocycles. The van der Waals surface area contributed by atoms with Gasteiger partial charge in [-0.1, -0.05) is 25.3 Å². The van der Waals surface area contributed by atoms with E-state index < -0.39 is 5.82 Å². The normalized spacial score (nSPS) is 15.7. The van der Waals surface area contributed by atoms with Crippen LogP contribution in [0.25, 0.3) is 0 Å². The Morgan fingerprint density at radius 3 is 2.81 bits per heavy atom. The lowest BCUT2D eigenvalue weighted by molar-refractivity contribution is 0.0299. The highest BCUT2D eigenvalue weighted by atomic mass is 19.1. The molecule has 0 bridgehead atoms. The van der Waals surface area contributed by atoms with Gasteiger partial charge in [-0.25, -0.2) is 4.39 Å². The van der Waals surface area contributed by atoms with Crippen LogP contribution in [0.3, 0.4) is 0 Å². The van der Waals surface area contributed by atoms with Gasteiger partial charge in [0, 0.05) is 13.6 Å². The van der Waals surface area contributed by atoms with Gasteiger partial charge in [0.2, 0.25) is 0 Å². The van der Waals surface area contributed by atoms with Crippen LogP contribution in [0.2, 0.25) is 0 Å². The number of halogens is 1. The predicted octanol–water partition coefficient (Wildman–Crippen LogP) is 2.95. The lowest BCUT2D eigenvalue weighted by Gasteiger charge is -2.22. The summed E-state index contributed by atoms with van der Waals surface area (Å²) in [4.78, 5) is 12.1. The van der Waals surface area contributed by atoms with Gasteiger partial charge in [-0.3, -0.25) is 4.79 Å². The van der Waals surface area contributed by atoms with E-state index in [0.29, 0.717) is 24.8 Å². The minimum absolute atomic E-state index is 0.225. The third-order valence-electron chi connectivity index (χ3n) is 3.80. The predicted molar refractivity (Wildman–Crippen MR) is 81.1 cm³/mol. The maximum absolute atomic E-state index is 13.6. The summed E-state index contributed by atoms with van der Waals surface area (Å²) >= 11 is 0. The van der Waals surface area contributed by atoms with Gasteiger partial charge in [0.1, 0.15) is 5.82 Å². The number of hydrogen-bond acceptors (Lipinski definition) is 3. The highest BCUT2D eigenvalue weighted by Gasteiger charge is 2.15. The van der Waals surface area contributed by atoms with Gasteiger partial charge in [-0.15, -0.1) is 0 Å². The van der Waals surface area contributed by atoms with Gasteiger partial charge in [0.15, 0.2) is 0 Å². The number of nitrogens with one attached hydrogen (secondary N) is 2. The summed E-state index contributed by atoms with van der Waals surface area (Å²) in [6, 6.07) is 4.46. The smallest absolute Gasteiger partial charge is 0.253 e. The third kappa shape index (κ3) is 4.43. The zero-order valence-electron chi connectivity index (χ0n) is 12.5. The summed E-state index contributed by atoms with van der Waals surface area (Å²) in [5.41, 5.74) is 0.540. The molecule has 0 saturated heterocycles. The van der Waals surface area contributed by atoms with Gasteiger partial charge in [-0.05, 0) is 25.0 Å². The van der Waals surface area contributed by atoms with Crippen molar-refractivity contribution < 1.29 is 13.9 Å². The molecule has 0 aromatic heterocycles. The van der Waals surface area contributed by atoms with Crippen molar-refractivity contribution in [3.05, 3.63) is 29.6 Å². The molecule has 0 spiro atoms. The van der Waals surface area contributed by atoms with Crippen LogP contribution in [0.5, 0.6) is 0 Å². The number of rotatable bonds is 6. The SMILES string of the molecule is CNc1c(F)cccc1C(=O)NCCOC1CCCCC1. The van der Waals surface area contributed by atoms with Crippen LogP contribution in [-0.2, 0) is 4.74 Å². The molecule has 2 N–H and O–H groups in total. The van der Waals surface area contributed by atoms with E-state index in [1.807, 2.05) is 0 Å². The van der Waals surface area contributed by atoms with Crippen LogP contribution < -0.4 is 10.6 Å². The van der Waals surface area contributed by atoms with E-state index in [1.54, 1.807) is 13.1 Å². The van der Waals surface area contributed by atoms with E-state index in [9.17, 15) is 9.18 Å². The van der Waals surface area contributed by atoms with Crippen LogP contribution >= 0.6 is 0 Å². The van der Waals surface area contributed by atoms with E-state index in [1.165, 1.54) is 31.4 Å². The van der Waals surface area contributed by atoms with Gasteiger partial charge in [0.05, 0.1) is 24.0 Å². The van der Waals surface area contributed by atoms with Crippen molar-refractivity contribution in [2.24, 2.45) is 0 Å². The van der Waals surface area contributed by atoms with Crippen molar-refractivity contribution in [1.82, 2.24) is 5.32 Å². The Morgan fingerprint density at radius 2 is 2.10 bits per heavy atom. The fourth-order valence-electron chi connectivity index (χ4n) is 2.68. The molecule has 0 atom stereocenters. The second-order valence-corrected chi connectivity index (χ2v) is 5.30. The van der Waals surface area contributed by atoms with Crippen LogP contribution in [0.1, 0.15) is 42.5 Å². The molecular weight excluding hydrogens is 271 g/mol. The van der Waals surface area contributed by atoms with Crippen molar-refractivity contribution in [2.45, 2.75) is 38.2 Å². The molecule has 2 rings (SSSR count). The molecule has 1 aromatic carbocycles. The second kappa shape index (κ2) is 7.98. The van der Waals surface area contributed by atoms with Crippen molar-refractivity contribution in [3.8, 4) is 0 Å². The average molecular weight is 294 g/mol. The monoisotopic (exact) mass is 294 g/mol. The lowest BCUT2D eigenvalue weighted by atomic mass is 9.98. The minimum atomic E-state index is -0.427. The summed E-state index contributed by atoms with van der Waals surface area (Å²) in [5.74, 6) is -0.713. The molecule has 116 valence electrons. The Labute approximate surface area is 125 Å². The number of amides is 1. The van der Waals surface area contributed by atoms with Crippen LogP contribution in [0, 0.1) is 5.82 Å². The number of hydrogen-bond donors (Lipinski definition) is 2. The van der Waals surface area contributed by atoms with Gasteiger partial charge in [-0.2, -0.15) is 0 Å². The molecule has 1 aromatic rings. The Bertz CT molecular complexity index is 473. The number of carbonyl (C=O) groups is 1. The zero-order valence-corrected chi connectivity index (χ0v) is 12.5. The molecule has 5 heteroatoms. The molecule has 1 saturated carbocycles. The van der Waals surface area contributed by atoms with Gasteiger partial charge in [0.25, 0.3) is 5.91 Å². The first-order valence-corrected chi connectivity index (χ1v) is 7.58. The standard InChI is InChI=1S/C16H23FN2O2/c1-18-15-13(8-5-9-14(15)17)16(20)19-10-11-21-12-6-3-2-4-7-12/h5,8-9,12,18H,2-4,6-7,10-11H2,1H3,(H,19,20). The number of anilines is 1. The third-order valence-corrected chi connectivity index (χ3v) is 3.80. The fourth-order valence-corrected chi connectivity index (χ4v) is 2.68. The van der Waals surface area contributed by atoms with Crippen LogP contribution in [0.4, 0.5) is 10.1 Å². The average Bonchev–Trinajstić information content (AvgIpc) is 2.52. The van der Waals surface area contributed by atoms with Crippen molar-refractivity contribution in [1.29, 1.82) is 0 Å². The van der Waals surface area contributed by atoms with Gasteiger partial charge < -0.3 is 15.4 Å². The first kappa shape index (κ1) is 15.8. The van der Waals surface area contributed by atoms with Crippen LogP contribution in [-0.4, -0.2) is 32.2 Å². The Balaban J connectivity index is 1.78. The molecule has 0 radical (unpaired) electrons. The Kier molecular flexibility index (Phi) is 5.99. The molecule has 1 aliphatic rings. The fraction of sp³-hybridized carbons (Fsp3) is 0.562. The maximum Gasteiger partial charge on any atom is 0.253 e. The first-order chi connectivity index (χ1) is 10.2. The van der Waals surface area contributed by atoms with E-state index in [4.69, 9.17) is 4.74 Å². The number of carbonyl (C=O) groups excluding carboxylic acids is 1. The molecule has 1 fully saturated rings. The summed E-state index contributed by atoms with van der Waals surface area (Å²) in [5, 5.41) is 5.49. The number of para-hydroxylation sites is 1. The van der Waals surface area contributed by atoms with E-state index in [0.717, 1.165) is 12.8 Å².